The molecule has 4 heteroatoms. The van der Waals surface area contributed by atoms with Crippen LogP contribution in [0, 0.1) is 0 Å². The van der Waals surface area contributed by atoms with Gasteiger partial charge in [-0.05, 0) is 24.1 Å². The van der Waals surface area contributed by atoms with Crippen molar-refractivity contribution in [3.63, 3.8) is 0 Å². The van der Waals surface area contributed by atoms with Gasteiger partial charge < -0.3 is 10.1 Å². The van der Waals surface area contributed by atoms with Gasteiger partial charge in [0.15, 0.2) is 0 Å². The fraction of sp³-hybridized carbons (Fsp3) is 0.385. The smallest absolute Gasteiger partial charge is 0.337 e. The molecule has 0 aromatic heterocycles. The molecule has 0 heterocycles. The molecule has 1 rings (SSSR count). The van der Waals surface area contributed by atoms with E-state index in [1.807, 2.05) is 6.92 Å². The fourth-order valence-electron chi connectivity index (χ4n) is 1.39. The summed E-state index contributed by atoms with van der Waals surface area (Å²) in [6.45, 7) is 2.45. The number of rotatable bonds is 5. The van der Waals surface area contributed by atoms with E-state index in [2.05, 4.69) is 10.1 Å². The number of benzene rings is 1. The van der Waals surface area contributed by atoms with Crippen LogP contribution in [0.25, 0.3) is 0 Å². The molecular weight excluding hydrogens is 218 g/mol. The standard InChI is InChI=1S/C13H17NO3/c1-3-4-12(15)14-9-10-5-7-11(8-6-10)13(16)17-2/h5-8H,3-4,9H2,1-2H3,(H,14,15). The first-order chi connectivity index (χ1) is 8.17. The van der Waals surface area contributed by atoms with Crippen LogP contribution in [0.5, 0.6) is 0 Å². The van der Waals surface area contributed by atoms with E-state index in [1.54, 1.807) is 24.3 Å². The fourth-order valence-corrected chi connectivity index (χ4v) is 1.39. The molecule has 1 N–H and O–H groups in total. The Morgan fingerprint density at radius 3 is 2.41 bits per heavy atom. The first-order valence-corrected chi connectivity index (χ1v) is 5.61. The minimum absolute atomic E-state index is 0.0459. The van der Waals surface area contributed by atoms with E-state index in [9.17, 15) is 9.59 Å². The molecule has 4 nitrogen and oxygen atoms in total. The highest BCUT2D eigenvalue weighted by Crippen LogP contribution is 2.05. The predicted octanol–water partition coefficient (Wildman–Crippen LogP) is 1.89. The SMILES string of the molecule is CCCC(=O)NCc1ccc(C(=O)OC)cc1. The lowest BCUT2D eigenvalue weighted by Gasteiger charge is -2.05. The number of methoxy groups -OCH3 is 1. The summed E-state index contributed by atoms with van der Waals surface area (Å²) in [7, 11) is 1.35. The maximum Gasteiger partial charge on any atom is 0.337 e. The molecule has 17 heavy (non-hydrogen) atoms. The van der Waals surface area contributed by atoms with Crippen LogP contribution in [-0.4, -0.2) is 19.0 Å². The van der Waals surface area contributed by atoms with Crippen molar-refractivity contribution in [3.05, 3.63) is 35.4 Å². The summed E-state index contributed by atoms with van der Waals surface area (Å²) in [4.78, 5) is 22.4. The van der Waals surface area contributed by atoms with Crippen LogP contribution in [0.4, 0.5) is 0 Å². The van der Waals surface area contributed by atoms with Crippen LogP contribution in [-0.2, 0) is 16.1 Å². The first kappa shape index (κ1) is 13.2. The van der Waals surface area contributed by atoms with Gasteiger partial charge in [-0.2, -0.15) is 0 Å². The Balaban J connectivity index is 2.51. The summed E-state index contributed by atoms with van der Waals surface area (Å²) in [5.74, 6) is -0.309. The zero-order valence-electron chi connectivity index (χ0n) is 10.2. The van der Waals surface area contributed by atoms with E-state index < -0.39 is 0 Å². The molecule has 0 radical (unpaired) electrons. The molecule has 0 bridgehead atoms. The van der Waals surface area contributed by atoms with Crippen molar-refractivity contribution in [2.75, 3.05) is 7.11 Å². The third-order valence-corrected chi connectivity index (χ3v) is 2.34. The van der Waals surface area contributed by atoms with E-state index in [0.29, 0.717) is 18.5 Å². The second-order valence-electron chi connectivity index (χ2n) is 3.72. The second kappa shape index (κ2) is 6.68. The topological polar surface area (TPSA) is 55.4 Å². The Kier molecular flexibility index (Phi) is 5.20. The number of esters is 1. The van der Waals surface area contributed by atoms with Gasteiger partial charge in [0.2, 0.25) is 5.91 Å². The lowest BCUT2D eigenvalue weighted by molar-refractivity contribution is -0.121. The summed E-state index contributed by atoms with van der Waals surface area (Å²) >= 11 is 0. The average molecular weight is 235 g/mol. The quantitative estimate of drug-likeness (QED) is 0.793. The first-order valence-electron chi connectivity index (χ1n) is 5.61. The van der Waals surface area contributed by atoms with E-state index in [0.717, 1.165) is 12.0 Å². The molecule has 0 atom stereocenters. The molecule has 0 aliphatic rings. The monoisotopic (exact) mass is 235 g/mol. The van der Waals surface area contributed by atoms with E-state index in [-0.39, 0.29) is 11.9 Å². The summed E-state index contributed by atoms with van der Waals surface area (Å²) in [6.07, 6.45) is 1.38. The zero-order chi connectivity index (χ0) is 12.7. The van der Waals surface area contributed by atoms with Crippen molar-refractivity contribution in [1.82, 2.24) is 5.32 Å². The molecule has 0 saturated carbocycles. The number of hydrogen-bond donors (Lipinski definition) is 1. The summed E-state index contributed by atoms with van der Waals surface area (Å²) in [5.41, 5.74) is 1.47. The normalized spacial score (nSPS) is 9.76. The number of amides is 1. The number of nitrogens with one attached hydrogen (secondary N) is 1. The second-order valence-corrected chi connectivity index (χ2v) is 3.72. The minimum atomic E-state index is -0.355. The zero-order valence-corrected chi connectivity index (χ0v) is 10.2. The van der Waals surface area contributed by atoms with Gasteiger partial charge in [-0.1, -0.05) is 19.1 Å². The highest BCUT2D eigenvalue weighted by atomic mass is 16.5. The van der Waals surface area contributed by atoms with Crippen LogP contribution in [0.15, 0.2) is 24.3 Å². The lowest BCUT2D eigenvalue weighted by Crippen LogP contribution is -2.22. The molecular formula is C13H17NO3. The van der Waals surface area contributed by atoms with Gasteiger partial charge in [0, 0.05) is 13.0 Å². The van der Waals surface area contributed by atoms with E-state index >= 15 is 0 Å². The van der Waals surface area contributed by atoms with E-state index in [4.69, 9.17) is 0 Å². The molecule has 0 unspecified atom stereocenters. The third kappa shape index (κ3) is 4.26. The third-order valence-electron chi connectivity index (χ3n) is 2.34. The van der Waals surface area contributed by atoms with E-state index in [1.165, 1.54) is 7.11 Å². The maximum atomic E-state index is 11.3. The van der Waals surface area contributed by atoms with Gasteiger partial charge in [-0.25, -0.2) is 4.79 Å². The van der Waals surface area contributed by atoms with Crippen LogP contribution >= 0.6 is 0 Å². The van der Waals surface area contributed by atoms with Gasteiger partial charge in [-0.3, -0.25) is 4.79 Å². The largest absolute Gasteiger partial charge is 0.465 e. The van der Waals surface area contributed by atoms with Gasteiger partial charge in [0.1, 0.15) is 0 Å². The van der Waals surface area contributed by atoms with Crippen molar-refractivity contribution < 1.29 is 14.3 Å². The molecule has 1 amide bonds. The summed E-state index contributed by atoms with van der Waals surface area (Å²) in [6, 6.07) is 6.98. The number of carbonyl (C=O) groups is 2. The van der Waals surface area contributed by atoms with Crippen molar-refractivity contribution in [2.45, 2.75) is 26.3 Å². The number of ether oxygens (including phenoxy) is 1. The molecule has 1 aromatic carbocycles. The Labute approximate surface area is 101 Å². The summed E-state index contributed by atoms with van der Waals surface area (Å²) in [5, 5.41) is 2.81. The molecule has 1 aromatic rings. The Hall–Kier alpha value is -1.84. The average Bonchev–Trinajstić information content (AvgIpc) is 2.36. The number of carbonyl (C=O) groups excluding carboxylic acids is 2. The minimum Gasteiger partial charge on any atom is -0.465 e. The van der Waals surface area contributed by atoms with Crippen LogP contribution in [0.2, 0.25) is 0 Å². The number of hydrogen-bond acceptors (Lipinski definition) is 3. The molecule has 0 saturated heterocycles. The van der Waals surface area contributed by atoms with Gasteiger partial charge in [-0.15, -0.1) is 0 Å². The molecule has 92 valence electrons. The van der Waals surface area contributed by atoms with Gasteiger partial charge in [0.05, 0.1) is 12.7 Å². The van der Waals surface area contributed by atoms with Crippen molar-refractivity contribution in [3.8, 4) is 0 Å². The molecule has 0 spiro atoms. The van der Waals surface area contributed by atoms with Gasteiger partial charge in [0.25, 0.3) is 0 Å². The molecule has 0 aliphatic carbocycles. The Morgan fingerprint density at radius 2 is 1.88 bits per heavy atom. The van der Waals surface area contributed by atoms with Crippen LogP contribution in [0.3, 0.4) is 0 Å². The van der Waals surface area contributed by atoms with Crippen LogP contribution < -0.4 is 5.32 Å². The van der Waals surface area contributed by atoms with Gasteiger partial charge >= 0.3 is 5.97 Å². The maximum absolute atomic E-state index is 11.3. The Bertz CT molecular complexity index is 384. The molecule has 0 aliphatic heterocycles. The van der Waals surface area contributed by atoms with Crippen LogP contribution in [0.1, 0.15) is 35.7 Å². The molecule has 0 fully saturated rings. The van der Waals surface area contributed by atoms with Crippen molar-refractivity contribution in [2.24, 2.45) is 0 Å². The predicted molar refractivity (Wildman–Crippen MR) is 64.5 cm³/mol. The lowest BCUT2D eigenvalue weighted by atomic mass is 10.1. The van der Waals surface area contributed by atoms with Crippen molar-refractivity contribution >= 4 is 11.9 Å². The van der Waals surface area contributed by atoms with Crippen molar-refractivity contribution in [1.29, 1.82) is 0 Å². The summed E-state index contributed by atoms with van der Waals surface area (Å²) < 4.78 is 4.60. The Morgan fingerprint density at radius 1 is 1.24 bits per heavy atom. The highest BCUT2D eigenvalue weighted by Gasteiger charge is 2.04. The highest BCUT2D eigenvalue weighted by molar-refractivity contribution is 5.89.